The highest BCUT2D eigenvalue weighted by molar-refractivity contribution is 5.97. The Morgan fingerprint density at radius 2 is 2.00 bits per heavy atom. The van der Waals surface area contributed by atoms with E-state index in [1.165, 1.54) is 0 Å². The minimum Gasteiger partial charge on any atom is -0.377 e. The van der Waals surface area contributed by atoms with E-state index >= 15 is 0 Å². The minimum atomic E-state index is -0.409. The third-order valence-corrected chi connectivity index (χ3v) is 4.04. The largest absolute Gasteiger partial charge is 0.377 e. The standard InChI is InChI=1S/C18H26N2O3/c1-4-23-12-14-7-9-15(10-8-14)19-18(22)17(13(2)3)20-11-5-6-16(20)21/h7-10,13,17H,4-6,11-12H2,1-3H3,(H,19,22)/t17-/m1/s1. The van der Waals surface area contributed by atoms with E-state index in [4.69, 9.17) is 4.74 Å². The predicted octanol–water partition coefficient (Wildman–Crippen LogP) is 2.81. The van der Waals surface area contributed by atoms with E-state index in [9.17, 15) is 9.59 Å². The third-order valence-electron chi connectivity index (χ3n) is 4.04. The molecule has 5 heteroatoms. The van der Waals surface area contributed by atoms with E-state index in [-0.39, 0.29) is 17.7 Å². The number of hydrogen-bond donors (Lipinski definition) is 1. The highest BCUT2D eigenvalue weighted by Crippen LogP contribution is 2.21. The van der Waals surface area contributed by atoms with Crippen molar-refractivity contribution in [3.63, 3.8) is 0 Å². The fraction of sp³-hybridized carbons (Fsp3) is 0.556. The Morgan fingerprint density at radius 1 is 1.30 bits per heavy atom. The molecule has 1 atom stereocenters. The van der Waals surface area contributed by atoms with E-state index in [1.807, 2.05) is 45.0 Å². The monoisotopic (exact) mass is 318 g/mol. The molecule has 1 heterocycles. The molecule has 0 bridgehead atoms. The molecule has 0 saturated carbocycles. The number of ether oxygens (including phenoxy) is 1. The van der Waals surface area contributed by atoms with Gasteiger partial charge in [0.1, 0.15) is 6.04 Å². The molecule has 0 radical (unpaired) electrons. The van der Waals surface area contributed by atoms with Crippen molar-refractivity contribution in [3.05, 3.63) is 29.8 Å². The van der Waals surface area contributed by atoms with Crippen molar-refractivity contribution in [2.24, 2.45) is 5.92 Å². The molecule has 2 amide bonds. The Labute approximate surface area is 138 Å². The SMILES string of the molecule is CCOCc1ccc(NC(=O)[C@@H](C(C)C)N2CCCC2=O)cc1. The molecule has 126 valence electrons. The van der Waals surface area contributed by atoms with Crippen LogP contribution in [0.15, 0.2) is 24.3 Å². The topological polar surface area (TPSA) is 58.6 Å². The maximum absolute atomic E-state index is 12.6. The van der Waals surface area contributed by atoms with Crippen molar-refractivity contribution < 1.29 is 14.3 Å². The quantitative estimate of drug-likeness (QED) is 0.841. The molecule has 23 heavy (non-hydrogen) atoms. The number of benzene rings is 1. The van der Waals surface area contributed by atoms with Crippen LogP contribution in [0.1, 0.15) is 39.2 Å². The van der Waals surface area contributed by atoms with Gasteiger partial charge in [0.05, 0.1) is 6.61 Å². The number of carbonyl (C=O) groups excluding carboxylic acids is 2. The highest BCUT2D eigenvalue weighted by Gasteiger charge is 2.34. The summed E-state index contributed by atoms with van der Waals surface area (Å²) in [5, 5.41) is 2.93. The second kappa shape index (κ2) is 8.11. The van der Waals surface area contributed by atoms with Gasteiger partial charge in [-0.3, -0.25) is 9.59 Å². The lowest BCUT2D eigenvalue weighted by molar-refractivity contribution is -0.136. The summed E-state index contributed by atoms with van der Waals surface area (Å²) >= 11 is 0. The Balaban J connectivity index is 2.02. The first-order valence-corrected chi connectivity index (χ1v) is 8.30. The van der Waals surface area contributed by atoms with Gasteiger partial charge in [-0.05, 0) is 37.0 Å². The molecule has 1 fully saturated rings. The van der Waals surface area contributed by atoms with Gasteiger partial charge in [0.15, 0.2) is 0 Å². The van der Waals surface area contributed by atoms with Crippen LogP contribution in [0.4, 0.5) is 5.69 Å². The van der Waals surface area contributed by atoms with Gasteiger partial charge < -0.3 is 15.0 Å². The number of anilines is 1. The fourth-order valence-electron chi connectivity index (χ4n) is 2.89. The number of nitrogens with zero attached hydrogens (tertiary/aromatic N) is 1. The first kappa shape index (κ1) is 17.5. The summed E-state index contributed by atoms with van der Waals surface area (Å²) in [6.45, 7) is 7.82. The first-order valence-electron chi connectivity index (χ1n) is 8.30. The maximum Gasteiger partial charge on any atom is 0.247 e. The average Bonchev–Trinajstić information content (AvgIpc) is 2.92. The third kappa shape index (κ3) is 4.55. The second-order valence-corrected chi connectivity index (χ2v) is 6.20. The van der Waals surface area contributed by atoms with Crippen LogP contribution in [0, 0.1) is 5.92 Å². The van der Waals surface area contributed by atoms with Gasteiger partial charge in [0.25, 0.3) is 0 Å². The lowest BCUT2D eigenvalue weighted by Gasteiger charge is -2.29. The van der Waals surface area contributed by atoms with E-state index in [0.717, 1.165) is 17.7 Å². The molecule has 1 aliphatic heterocycles. The second-order valence-electron chi connectivity index (χ2n) is 6.20. The molecule has 0 spiro atoms. The zero-order valence-electron chi connectivity index (χ0n) is 14.2. The van der Waals surface area contributed by atoms with Gasteiger partial charge in [-0.15, -0.1) is 0 Å². The Kier molecular flexibility index (Phi) is 6.16. The summed E-state index contributed by atoms with van der Waals surface area (Å²) in [4.78, 5) is 26.3. The van der Waals surface area contributed by atoms with Gasteiger partial charge in [0, 0.05) is 25.3 Å². The van der Waals surface area contributed by atoms with Crippen molar-refractivity contribution in [1.82, 2.24) is 4.90 Å². The molecule has 0 unspecified atom stereocenters. The van der Waals surface area contributed by atoms with Crippen molar-refractivity contribution in [2.75, 3.05) is 18.5 Å². The zero-order chi connectivity index (χ0) is 16.8. The summed E-state index contributed by atoms with van der Waals surface area (Å²) in [6, 6.07) is 7.21. The highest BCUT2D eigenvalue weighted by atomic mass is 16.5. The number of rotatable bonds is 7. The molecule has 1 aliphatic rings. The number of likely N-dealkylation sites (tertiary alicyclic amines) is 1. The summed E-state index contributed by atoms with van der Waals surface area (Å²) in [5.74, 6) is 0.0352. The lowest BCUT2D eigenvalue weighted by Crippen LogP contribution is -2.47. The van der Waals surface area contributed by atoms with Crippen molar-refractivity contribution >= 4 is 17.5 Å². The number of amides is 2. The van der Waals surface area contributed by atoms with Crippen LogP contribution in [0.5, 0.6) is 0 Å². The normalized spacial score (nSPS) is 16.0. The number of hydrogen-bond acceptors (Lipinski definition) is 3. The summed E-state index contributed by atoms with van der Waals surface area (Å²) < 4.78 is 5.36. The molecule has 1 aromatic carbocycles. The average molecular weight is 318 g/mol. The molecular formula is C18H26N2O3. The van der Waals surface area contributed by atoms with Gasteiger partial charge in [-0.1, -0.05) is 26.0 Å². The van der Waals surface area contributed by atoms with Crippen LogP contribution in [0.25, 0.3) is 0 Å². The van der Waals surface area contributed by atoms with Crippen molar-refractivity contribution in [1.29, 1.82) is 0 Å². The first-order chi connectivity index (χ1) is 11.0. The predicted molar refractivity (Wildman–Crippen MR) is 90.0 cm³/mol. The summed E-state index contributed by atoms with van der Waals surface area (Å²) in [7, 11) is 0. The van der Waals surface area contributed by atoms with Gasteiger partial charge in [0.2, 0.25) is 11.8 Å². The number of carbonyl (C=O) groups is 2. The summed E-state index contributed by atoms with van der Waals surface area (Å²) in [6.07, 6.45) is 1.38. The molecule has 1 aromatic rings. The molecular weight excluding hydrogens is 292 g/mol. The Morgan fingerprint density at radius 3 is 2.52 bits per heavy atom. The molecule has 5 nitrogen and oxygen atoms in total. The molecule has 1 saturated heterocycles. The number of nitrogens with one attached hydrogen (secondary N) is 1. The fourth-order valence-corrected chi connectivity index (χ4v) is 2.89. The van der Waals surface area contributed by atoms with Crippen LogP contribution in [-0.4, -0.2) is 35.9 Å². The zero-order valence-corrected chi connectivity index (χ0v) is 14.2. The van der Waals surface area contributed by atoms with E-state index < -0.39 is 6.04 Å². The molecule has 2 rings (SSSR count). The van der Waals surface area contributed by atoms with E-state index in [0.29, 0.717) is 26.2 Å². The van der Waals surface area contributed by atoms with Gasteiger partial charge in [-0.2, -0.15) is 0 Å². The van der Waals surface area contributed by atoms with Gasteiger partial charge in [-0.25, -0.2) is 0 Å². The lowest BCUT2D eigenvalue weighted by atomic mass is 10.0. The smallest absolute Gasteiger partial charge is 0.247 e. The van der Waals surface area contributed by atoms with Crippen molar-refractivity contribution in [3.8, 4) is 0 Å². The molecule has 0 aromatic heterocycles. The van der Waals surface area contributed by atoms with Gasteiger partial charge >= 0.3 is 0 Å². The Hall–Kier alpha value is -1.88. The van der Waals surface area contributed by atoms with Crippen LogP contribution in [0.2, 0.25) is 0 Å². The van der Waals surface area contributed by atoms with Crippen LogP contribution >= 0.6 is 0 Å². The maximum atomic E-state index is 12.6. The Bertz CT molecular complexity index is 540. The van der Waals surface area contributed by atoms with Crippen LogP contribution < -0.4 is 5.32 Å². The van der Waals surface area contributed by atoms with Crippen LogP contribution in [-0.2, 0) is 20.9 Å². The summed E-state index contributed by atoms with van der Waals surface area (Å²) in [5.41, 5.74) is 1.81. The molecule has 1 N–H and O–H groups in total. The van der Waals surface area contributed by atoms with Crippen LogP contribution in [0.3, 0.4) is 0 Å². The van der Waals surface area contributed by atoms with Crippen molar-refractivity contribution in [2.45, 2.75) is 46.3 Å². The molecule has 0 aliphatic carbocycles. The van der Waals surface area contributed by atoms with E-state index in [1.54, 1.807) is 4.90 Å². The minimum absolute atomic E-state index is 0.0749. The van der Waals surface area contributed by atoms with E-state index in [2.05, 4.69) is 5.32 Å².